The van der Waals surface area contributed by atoms with Gasteiger partial charge in [-0.2, -0.15) is 5.10 Å². The highest BCUT2D eigenvalue weighted by molar-refractivity contribution is 5.97. The molecule has 1 fully saturated rings. The van der Waals surface area contributed by atoms with Crippen molar-refractivity contribution >= 4 is 16.9 Å². The van der Waals surface area contributed by atoms with Crippen molar-refractivity contribution in [2.75, 3.05) is 13.1 Å². The fourth-order valence-electron chi connectivity index (χ4n) is 3.40. The summed E-state index contributed by atoms with van der Waals surface area (Å²) in [6.45, 7) is 3.65. The predicted octanol–water partition coefficient (Wildman–Crippen LogP) is 2.96. The zero-order valence-electron chi connectivity index (χ0n) is 14.6. The molecule has 0 saturated carbocycles. The second-order valence-corrected chi connectivity index (χ2v) is 6.61. The first-order chi connectivity index (χ1) is 12.1. The summed E-state index contributed by atoms with van der Waals surface area (Å²) in [4.78, 5) is 23.9. The van der Waals surface area contributed by atoms with Crippen molar-refractivity contribution < 1.29 is 4.79 Å². The van der Waals surface area contributed by atoms with Gasteiger partial charge in [0.1, 0.15) is 0 Å². The Hall–Kier alpha value is -2.76. The van der Waals surface area contributed by atoms with Crippen LogP contribution in [-0.2, 0) is 7.05 Å². The minimum atomic E-state index is 0.0892. The molecule has 6 heteroatoms. The van der Waals surface area contributed by atoms with Crippen molar-refractivity contribution in [3.05, 3.63) is 41.9 Å². The number of rotatable bonds is 2. The van der Waals surface area contributed by atoms with Crippen LogP contribution in [0.3, 0.4) is 0 Å². The predicted molar refractivity (Wildman–Crippen MR) is 96.2 cm³/mol. The van der Waals surface area contributed by atoms with Gasteiger partial charge in [0.15, 0.2) is 0 Å². The normalized spacial score (nSPS) is 14.9. The third-order valence-corrected chi connectivity index (χ3v) is 4.72. The van der Waals surface area contributed by atoms with E-state index in [1.54, 1.807) is 10.9 Å². The molecule has 0 spiro atoms. The molecule has 3 heterocycles. The number of fused-ring (bicyclic) bond motifs is 1. The number of carbonyl (C=O) groups is 1. The fraction of sp³-hybridized carbons (Fsp3) is 0.368. The molecule has 1 aromatic carbocycles. The van der Waals surface area contributed by atoms with Gasteiger partial charge in [0.2, 0.25) is 0 Å². The molecule has 0 unspecified atom stereocenters. The molecule has 0 atom stereocenters. The highest BCUT2D eigenvalue weighted by Crippen LogP contribution is 2.23. The van der Waals surface area contributed by atoms with Crippen molar-refractivity contribution in [2.24, 2.45) is 7.05 Å². The smallest absolute Gasteiger partial charge is 0.253 e. The van der Waals surface area contributed by atoms with Crippen LogP contribution in [0.4, 0.5) is 0 Å². The molecule has 4 rings (SSSR count). The van der Waals surface area contributed by atoms with E-state index in [4.69, 9.17) is 4.98 Å². The quantitative estimate of drug-likeness (QED) is 0.722. The summed E-state index contributed by atoms with van der Waals surface area (Å²) in [5.41, 5.74) is 4.87. The third-order valence-electron chi connectivity index (χ3n) is 4.72. The van der Waals surface area contributed by atoms with Gasteiger partial charge in [-0.25, -0.2) is 4.98 Å². The van der Waals surface area contributed by atoms with Gasteiger partial charge in [-0.05, 0) is 44.4 Å². The molecule has 6 nitrogen and oxygen atoms in total. The van der Waals surface area contributed by atoms with Crippen molar-refractivity contribution in [1.82, 2.24) is 24.6 Å². The zero-order valence-corrected chi connectivity index (χ0v) is 14.6. The summed E-state index contributed by atoms with van der Waals surface area (Å²) < 4.78 is 1.77. The number of piperidine rings is 1. The van der Waals surface area contributed by atoms with Crippen LogP contribution in [0.25, 0.3) is 22.3 Å². The van der Waals surface area contributed by atoms with Gasteiger partial charge in [-0.1, -0.05) is 0 Å². The number of aromatic nitrogens is 4. The Balaban J connectivity index is 1.71. The number of amides is 1. The van der Waals surface area contributed by atoms with Crippen molar-refractivity contribution in [2.45, 2.75) is 26.2 Å². The van der Waals surface area contributed by atoms with Gasteiger partial charge in [0.05, 0.1) is 28.6 Å². The second kappa shape index (κ2) is 6.27. The van der Waals surface area contributed by atoms with Crippen LogP contribution in [0.1, 0.15) is 35.3 Å². The van der Waals surface area contributed by atoms with Crippen LogP contribution in [-0.4, -0.2) is 43.6 Å². The van der Waals surface area contributed by atoms with Crippen LogP contribution >= 0.6 is 0 Å². The topological polar surface area (TPSA) is 63.9 Å². The molecule has 2 aromatic heterocycles. The molecule has 0 bridgehead atoms. The van der Waals surface area contributed by atoms with E-state index in [1.165, 1.54) is 6.42 Å². The Morgan fingerprint density at radius 3 is 2.64 bits per heavy atom. The Morgan fingerprint density at radius 1 is 1.12 bits per heavy atom. The van der Waals surface area contributed by atoms with Gasteiger partial charge >= 0.3 is 0 Å². The standard InChI is InChI=1S/C19H21N5O/c1-13-15(12-23(2)22-13)18-11-20-16-7-6-14(10-17(16)21-18)19(25)24-8-4-3-5-9-24/h6-7,10-12H,3-5,8-9H2,1-2H3. The summed E-state index contributed by atoms with van der Waals surface area (Å²) >= 11 is 0. The molecule has 0 aliphatic carbocycles. The van der Waals surface area contributed by atoms with Crippen LogP contribution in [0, 0.1) is 6.92 Å². The Kier molecular flexibility index (Phi) is 3.95. The molecule has 1 aliphatic heterocycles. The summed E-state index contributed by atoms with van der Waals surface area (Å²) in [5, 5.41) is 4.36. The van der Waals surface area contributed by atoms with Gasteiger partial charge in [-0.15, -0.1) is 0 Å². The summed E-state index contributed by atoms with van der Waals surface area (Å²) in [7, 11) is 1.89. The zero-order chi connectivity index (χ0) is 17.4. The van der Waals surface area contributed by atoms with Gasteiger partial charge in [0.25, 0.3) is 5.91 Å². The molecule has 1 aliphatic rings. The number of nitrogens with zero attached hydrogens (tertiary/aromatic N) is 5. The lowest BCUT2D eigenvalue weighted by atomic mass is 10.1. The number of carbonyl (C=O) groups excluding carboxylic acids is 1. The second-order valence-electron chi connectivity index (χ2n) is 6.61. The molecule has 1 saturated heterocycles. The number of hydrogen-bond donors (Lipinski definition) is 0. The van der Waals surface area contributed by atoms with E-state index in [0.717, 1.165) is 53.9 Å². The molecular weight excluding hydrogens is 314 g/mol. The van der Waals surface area contributed by atoms with E-state index in [1.807, 2.05) is 43.3 Å². The molecule has 25 heavy (non-hydrogen) atoms. The lowest BCUT2D eigenvalue weighted by Crippen LogP contribution is -2.35. The number of benzene rings is 1. The minimum Gasteiger partial charge on any atom is -0.339 e. The van der Waals surface area contributed by atoms with E-state index in [2.05, 4.69) is 10.1 Å². The van der Waals surface area contributed by atoms with Gasteiger partial charge < -0.3 is 4.90 Å². The fourth-order valence-corrected chi connectivity index (χ4v) is 3.40. The van der Waals surface area contributed by atoms with E-state index < -0.39 is 0 Å². The van der Waals surface area contributed by atoms with E-state index in [-0.39, 0.29) is 5.91 Å². The minimum absolute atomic E-state index is 0.0892. The average molecular weight is 335 g/mol. The highest BCUT2D eigenvalue weighted by atomic mass is 16.2. The monoisotopic (exact) mass is 335 g/mol. The SMILES string of the molecule is Cc1nn(C)cc1-c1cnc2ccc(C(=O)N3CCCCC3)cc2n1. The van der Waals surface area contributed by atoms with Crippen molar-refractivity contribution in [3.63, 3.8) is 0 Å². The van der Waals surface area contributed by atoms with Crippen LogP contribution < -0.4 is 0 Å². The molecule has 0 radical (unpaired) electrons. The van der Waals surface area contributed by atoms with E-state index >= 15 is 0 Å². The maximum atomic E-state index is 12.7. The van der Waals surface area contributed by atoms with Crippen molar-refractivity contribution in [1.29, 1.82) is 0 Å². The molecular formula is C19H21N5O. The van der Waals surface area contributed by atoms with Crippen LogP contribution in [0.2, 0.25) is 0 Å². The first-order valence-electron chi connectivity index (χ1n) is 8.68. The molecule has 1 amide bonds. The van der Waals surface area contributed by atoms with E-state index in [0.29, 0.717) is 5.56 Å². The Morgan fingerprint density at radius 2 is 1.92 bits per heavy atom. The Bertz CT molecular complexity index is 940. The summed E-state index contributed by atoms with van der Waals surface area (Å²) in [6, 6.07) is 5.58. The first kappa shape index (κ1) is 15.7. The third kappa shape index (κ3) is 2.99. The molecule has 128 valence electrons. The van der Waals surface area contributed by atoms with Gasteiger partial charge in [0, 0.05) is 37.5 Å². The summed E-state index contributed by atoms with van der Waals surface area (Å²) in [6.07, 6.45) is 7.08. The first-order valence-corrected chi connectivity index (χ1v) is 8.68. The number of hydrogen-bond acceptors (Lipinski definition) is 4. The summed E-state index contributed by atoms with van der Waals surface area (Å²) in [5.74, 6) is 0.0892. The number of likely N-dealkylation sites (tertiary alicyclic amines) is 1. The largest absolute Gasteiger partial charge is 0.339 e. The number of aryl methyl sites for hydroxylation is 2. The lowest BCUT2D eigenvalue weighted by molar-refractivity contribution is 0.0724. The van der Waals surface area contributed by atoms with Gasteiger partial charge in [-0.3, -0.25) is 14.5 Å². The Labute approximate surface area is 146 Å². The highest BCUT2D eigenvalue weighted by Gasteiger charge is 2.19. The van der Waals surface area contributed by atoms with Crippen LogP contribution in [0.5, 0.6) is 0 Å². The maximum Gasteiger partial charge on any atom is 0.253 e. The van der Waals surface area contributed by atoms with E-state index in [9.17, 15) is 4.79 Å². The van der Waals surface area contributed by atoms with Crippen molar-refractivity contribution in [3.8, 4) is 11.3 Å². The molecule has 3 aromatic rings. The average Bonchev–Trinajstić information content (AvgIpc) is 2.99. The van der Waals surface area contributed by atoms with Crippen LogP contribution in [0.15, 0.2) is 30.6 Å². The maximum absolute atomic E-state index is 12.7. The lowest BCUT2D eigenvalue weighted by Gasteiger charge is -2.26. The molecule has 0 N–H and O–H groups in total.